The Bertz CT molecular complexity index is 274. The van der Waals surface area contributed by atoms with Crippen molar-refractivity contribution in [1.29, 1.82) is 0 Å². The second-order valence-corrected chi connectivity index (χ2v) is 5.19. The van der Waals surface area contributed by atoms with Gasteiger partial charge in [-0.05, 0) is 36.8 Å². The van der Waals surface area contributed by atoms with Crippen molar-refractivity contribution in [3.63, 3.8) is 0 Å². The molecule has 1 rings (SSSR count). The molecule has 1 aromatic heterocycles. The summed E-state index contributed by atoms with van der Waals surface area (Å²) < 4.78 is 0. The summed E-state index contributed by atoms with van der Waals surface area (Å²) in [6, 6.07) is 6.33. The van der Waals surface area contributed by atoms with E-state index in [-0.39, 0.29) is 11.5 Å². The number of nitrogens with zero attached hydrogens (tertiary/aromatic N) is 1. The fraction of sp³-hybridized carbons (Fsp3) is 0.615. The van der Waals surface area contributed by atoms with E-state index in [9.17, 15) is 0 Å². The smallest absolute Gasteiger partial charge is 0.0403 e. The van der Waals surface area contributed by atoms with E-state index in [1.165, 1.54) is 5.69 Å². The predicted molar refractivity (Wildman–Crippen MR) is 64.6 cm³/mol. The summed E-state index contributed by atoms with van der Waals surface area (Å²) in [4.78, 5) is 4.30. The Balaban J connectivity index is 2.28. The lowest BCUT2D eigenvalue weighted by molar-refractivity contribution is 0.301. The summed E-state index contributed by atoms with van der Waals surface area (Å²) in [7, 11) is 0. The average molecular weight is 206 g/mol. The molecule has 0 fully saturated rings. The standard InChI is InChI=1S/C13H22N2/c1-13(2,3)12(14)9-6-8-11-7-4-5-10-15-11/h4-5,7,10,12H,6,8-9,14H2,1-3H3. The molecule has 0 amide bonds. The summed E-state index contributed by atoms with van der Waals surface area (Å²) in [5, 5.41) is 0. The Morgan fingerprint density at radius 2 is 2.07 bits per heavy atom. The summed E-state index contributed by atoms with van der Waals surface area (Å²) in [6.45, 7) is 6.58. The molecule has 1 atom stereocenters. The van der Waals surface area contributed by atoms with E-state index in [0.29, 0.717) is 0 Å². The largest absolute Gasteiger partial charge is 0.327 e. The first kappa shape index (κ1) is 12.2. The van der Waals surface area contributed by atoms with E-state index in [4.69, 9.17) is 5.73 Å². The van der Waals surface area contributed by atoms with Crippen LogP contribution >= 0.6 is 0 Å². The third-order valence-corrected chi connectivity index (χ3v) is 2.79. The third kappa shape index (κ3) is 4.43. The quantitative estimate of drug-likeness (QED) is 0.822. The highest BCUT2D eigenvalue weighted by atomic mass is 14.7. The fourth-order valence-corrected chi connectivity index (χ4v) is 1.48. The maximum atomic E-state index is 6.09. The van der Waals surface area contributed by atoms with E-state index < -0.39 is 0 Å². The second kappa shape index (κ2) is 5.26. The van der Waals surface area contributed by atoms with Gasteiger partial charge in [-0.25, -0.2) is 0 Å². The zero-order valence-electron chi connectivity index (χ0n) is 10.0. The molecule has 84 valence electrons. The van der Waals surface area contributed by atoms with Gasteiger partial charge in [0.2, 0.25) is 0 Å². The zero-order chi connectivity index (χ0) is 11.3. The Morgan fingerprint density at radius 3 is 2.60 bits per heavy atom. The SMILES string of the molecule is CC(C)(C)C(N)CCCc1ccccn1. The van der Waals surface area contributed by atoms with Crippen molar-refractivity contribution < 1.29 is 0 Å². The van der Waals surface area contributed by atoms with Crippen molar-refractivity contribution in [2.45, 2.75) is 46.1 Å². The molecule has 1 aromatic rings. The third-order valence-electron chi connectivity index (χ3n) is 2.79. The van der Waals surface area contributed by atoms with Gasteiger partial charge in [0.1, 0.15) is 0 Å². The minimum absolute atomic E-state index is 0.212. The molecule has 2 heteroatoms. The number of nitrogens with two attached hydrogens (primary N) is 1. The normalized spacial score (nSPS) is 13.9. The van der Waals surface area contributed by atoms with E-state index in [1.54, 1.807) is 0 Å². The molecule has 0 aliphatic heterocycles. The highest BCUT2D eigenvalue weighted by molar-refractivity contribution is 5.03. The second-order valence-electron chi connectivity index (χ2n) is 5.19. The minimum Gasteiger partial charge on any atom is -0.327 e. The Kier molecular flexibility index (Phi) is 4.28. The van der Waals surface area contributed by atoms with E-state index in [0.717, 1.165) is 19.3 Å². The van der Waals surface area contributed by atoms with Crippen LogP contribution in [0.1, 0.15) is 39.3 Å². The highest BCUT2D eigenvalue weighted by Crippen LogP contribution is 2.21. The monoisotopic (exact) mass is 206 g/mol. The van der Waals surface area contributed by atoms with E-state index in [1.807, 2.05) is 18.3 Å². The molecule has 0 aliphatic carbocycles. The van der Waals surface area contributed by atoms with Crippen LogP contribution in [-0.4, -0.2) is 11.0 Å². The fourth-order valence-electron chi connectivity index (χ4n) is 1.48. The topological polar surface area (TPSA) is 38.9 Å². The van der Waals surface area contributed by atoms with Crippen LogP contribution in [0.3, 0.4) is 0 Å². The predicted octanol–water partition coefficient (Wildman–Crippen LogP) is 2.78. The first-order valence-corrected chi connectivity index (χ1v) is 5.65. The lowest BCUT2D eigenvalue weighted by Gasteiger charge is -2.26. The number of pyridine rings is 1. The molecule has 2 nitrogen and oxygen atoms in total. The van der Waals surface area contributed by atoms with Crippen LogP contribution in [0.25, 0.3) is 0 Å². The number of aromatic nitrogens is 1. The molecule has 0 radical (unpaired) electrons. The van der Waals surface area contributed by atoms with Gasteiger partial charge in [-0.3, -0.25) is 4.98 Å². The molecule has 2 N–H and O–H groups in total. The van der Waals surface area contributed by atoms with Gasteiger partial charge < -0.3 is 5.73 Å². The van der Waals surface area contributed by atoms with Gasteiger partial charge >= 0.3 is 0 Å². The zero-order valence-corrected chi connectivity index (χ0v) is 10.0. The molecule has 1 unspecified atom stereocenters. The number of rotatable bonds is 4. The first-order chi connectivity index (χ1) is 7.00. The van der Waals surface area contributed by atoms with Gasteiger partial charge in [0.15, 0.2) is 0 Å². The maximum absolute atomic E-state index is 6.09. The van der Waals surface area contributed by atoms with Crippen LogP contribution < -0.4 is 5.73 Å². The van der Waals surface area contributed by atoms with Crippen molar-refractivity contribution in [2.75, 3.05) is 0 Å². The molecule has 0 aromatic carbocycles. The average Bonchev–Trinajstić information content (AvgIpc) is 2.18. The minimum atomic E-state index is 0.212. The first-order valence-electron chi connectivity index (χ1n) is 5.65. The Morgan fingerprint density at radius 1 is 1.33 bits per heavy atom. The summed E-state index contributed by atoms with van der Waals surface area (Å²) >= 11 is 0. The Labute approximate surface area is 92.9 Å². The highest BCUT2D eigenvalue weighted by Gasteiger charge is 2.19. The van der Waals surface area contributed by atoms with Gasteiger partial charge in [-0.2, -0.15) is 0 Å². The van der Waals surface area contributed by atoms with Gasteiger partial charge in [0.05, 0.1) is 0 Å². The van der Waals surface area contributed by atoms with Crippen molar-refractivity contribution in [2.24, 2.45) is 11.1 Å². The maximum Gasteiger partial charge on any atom is 0.0403 e. The summed E-state index contributed by atoms with van der Waals surface area (Å²) in [6.07, 6.45) is 5.07. The summed E-state index contributed by atoms with van der Waals surface area (Å²) in [5.41, 5.74) is 7.47. The van der Waals surface area contributed by atoms with Crippen LogP contribution in [0.15, 0.2) is 24.4 Å². The molecule has 0 saturated heterocycles. The molecule has 15 heavy (non-hydrogen) atoms. The number of hydrogen-bond acceptors (Lipinski definition) is 2. The van der Waals surface area contributed by atoms with Gasteiger partial charge in [0, 0.05) is 17.9 Å². The van der Waals surface area contributed by atoms with E-state index >= 15 is 0 Å². The molecule has 0 spiro atoms. The van der Waals surface area contributed by atoms with Gasteiger partial charge in [-0.1, -0.05) is 26.8 Å². The van der Waals surface area contributed by atoms with Crippen molar-refractivity contribution in [1.82, 2.24) is 4.98 Å². The van der Waals surface area contributed by atoms with E-state index in [2.05, 4.69) is 31.8 Å². The van der Waals surface area contributed by atoms with Crippen LogP contribution in [-0.2, 0) is 6.42 Å². The van der Waals surface area contributed by atoms with Crippen LogP contribution in [0.4, 0.5) is 0 Å². The Hall–Kier alpha value is -0.890. The van der Waals surface area contributed by atoms with Crippen molar-refractivity contribution in [3.05, 3.63) is 30.1 Å². The van der Waals surface area contributed by atoms with Crippen molar-refractivity contribution >= 4 is 0 Å². The molecule has 1 heterocycles. The van der Waals surface area contributed by atoms with Gasteiger partial charge in [-0.15, -0.1) is 0 Å². The summed E-state index contributed by atoms with van der Waals surface area (Å²) in [5.74, 6) is 0. The van der Waals surface area contributed by atoms with Crippen molar-refractivity contribution in [3.8, 4) is 0 Å². The van der Waals surface area contributed by atoms with Crippen LogP contribution in [0.5, 0.6) is 0 Å². The molecule has 0 aliphatic rings. The molecule has 0 saturated carbocycles. The number of hydrogen-bond donors (Lipinski definition) is 1. The number of aryl methyl sites for hydroxylation is 1. The van der Waals surface area contributed by atoms with Gasteiger partial charge in [0.25, 0.3) is 0 Å². The lowest BCUT2D eigenvalue weighted by Crippen LogP contribution is -2.34. The molecular weight excluding hydrogens is 184 g/mol. The lowest BCUT2D eigenvalue weighted by atomic mass is 9.84. The molecule has 0 bridgehead atoms. The van der Waals surface area contributed by atoms with Crippen LogP contribution in [0, 0.1) is 5.41 Å². The van der Waals surface area contributed by atoms with Crippen LogP contribution in [0.2, 0.25) is 0 Å². The molecular formula is C13H22N2.